The molecule has 0 spiro atoms. The lowest BCUT2D eigenvalue weighted by molar-refractivity contribution is -0.132. The molecule has 0 radical (unpaired) electrons. The number of unbranched alkanes of at least 4 members (excludes halogenated alkanes) is 1. The summed E-state index contributed by atoms with van der Waals surface area (Å²) in [5, 5.41) is 13.5. The van der Waals surface area contributed by atoms with Crippen molar-refractivity contribution < 1.29 is 24.2 Å². The van der Waals surface area contributed by atoms with Gasteiger partial charge in [-0.3, -0.25) is 14.5 Å². The minimum atomic E-state index is -0.834. The van der Waals surface area contributed by atoms with Crippen LogP contribution < -0.4 is 14.4 Å². The molecule has 2 aliphatic heterocycles. The number of carbonyl (C=O) groups excluding carboxylic acids is 2. The van der Waals surface area contributed by atoms with Crippen molar-refractivity contribution in [1.29, 1.82) is 0 Å². The molecule has 2 aliphatic rings. The monoisotopic (exact) mass is 490 g/mol. The minimum Gasteiger partial charge on any atom is -0.507 e. The van der Waals surface area contributed by atoms with E-state index in [0.29, 0.717) is 35.0 Å². The van der Waals surface area contributed by atoms with Crippen LogP contribution in [-0.2, 0) is 16.0 Å². The van der Waals surface area contributed by atoms with E-state index in [4.69, 9.17) is 9.47 Å². The Morgan fingerprint density at radius 1 is 1.26 bits per heavy atom. The fraction of sp³-hybridized carbons (Fsp3) is 0.296. The Kier molecular flexibility index (Phi) is 6.30. The first-order valence-electron chi connectivity index (χ1n) is 11.7. The Bertz CT molecular complexity index is 1300. The van der Waals surface area contributed by atoms with Gasteiger partial charge in [-0.2, -0.15) is 0 Å². The number of aromatic nitrogens is 1. The number of aliphatic hydroxyl groups excluding tert-OH is 1. The molecule has 8 heteroatoms. The highest BCUT2D eigenvalue weighted by molar-refractivity contribution is 7.14. The first-order valence-corrected chi connectivity index (χ1v) is 12.6. The van der Waals surface area contributed by atoms with Crippen LogP contribution in [0.2, 0.25) is 0 Å². The number of nitrogens with zero attached hydrogens (tertiary/aromatic N) is 2. The van der Waals surface area contributed by atoms with E-state index in [1.165, 1.54) is 16.2 Å². The molecule has 0 aliphatic carbocycles. The second kappa shape index (κ2) is 9.54. The molecule has 0 unspecified atom stereocenters. The molecule has 3 aromatic rings. The van der Waals surface area contributed by atoms with Gasteiger partial charge in [-0.1, -0.05) is 25.5 Å². The molecule has 2 atom stereocenters. The van der Waals surface area contributed by atoms with Gasteiger partial charge in [0.2, 0.25) is 0 Å². The summed E-state index contributed by atoms with van der Waals surface area (Å²) in [6, 6.07) is 11.8. The summed E-state index contributed by atoms with van der Waals surface area (Å²) in [5.41, 5.74) is 2.12. The van der Waals surface area contributed by atoms with Crippen LogP contribution in [0.5, 0.6) is 11.5 Å². The van der Waals surface area contributed by atoms with Gasteiger partial charge in [0.05, 0.1) is 18.2 Å². The molecule has 1 fully saturated rings. The summed E-state index contributed by atoms with van der Waals surface area (Å²) in [5.74, 6) is -0.269. The lowest BCUT2D eigenvalue weighted by Gasteiger charge is -2.23. The van der Waals surface area contributed by atoms with Gasteiger partial charge in [0.1, 0.15) is 23.4 Å². The van der Waals surface area contributed by atoms with Crippen molar-refractivity contribution in [1.82, 2.24) is 4.98 Å². The van der Waals surface area contributed by atoms with Crippen LogP contribution >= 0.6 is 11.3 Å². The van der Waals surface area contributed by atoms with Crippen LogP contribution in [0, 0.1) is 0 Å². The smallest absolute Gasteiger partial charge is 0.301 e. The number of ether oxygens (including phenoxy) is 2. The summed E-state index contributed by atoms with van der Waals surface area (Å²) in [6.07, 6.45) is 4.28. The van der Waals surface area contributed by atoms with Crippen LogP contribution in [0.15, 0.2) is 59.6 Å². The van der Waals surface area contributed by atoms with Gasteiger partial charge < -0.3 is 14.6 Å². The van der Waals surface area contributed by atoms with Crippen molar-refractivity contribution in [3.63, 3.8) is 0 Å². The average molecular weight is 491 g/mol. The fourth-order valence-corrected chi connectivity index (χ4v) is 5.18. The quantitative estimate of drug-likeness (QED) is 0.210. The third-order valence-corrected chi connectivity index (χ3v) is 6.95. The van der Waals surface area contributed by atoms with Crippen molar-refractivity contribution in [2.45, 2.75) is 45.3 Å². The van der Waals surface area contributed by atoms with E-state index < -0.39 is 17.7 Å². The molecule has 35 heavy (non-hydrogen) atoms. The Morgan fingerprint density at radius 2 is 2.11 bits per heavy atom. The van der Waals surface area contributed by atoms with Crippen LogP contribution in [0.25, 0.3) is 5.76 Å². The van der Waals surface area contributed by atoms with Gasteiger partial charge >= 0.3 is 5.91 Å². The Morgan fingerprint density at radius 3 is 2.89 bits per heavy atom. The van der Waals surface area contributed by atoms with Gasteiger partial charge in [-0.15, -0.1) is 11.3 Å². The Hall–Kier alpha value is -3.65. The summed E-state index contributed by atoms with van der Waals surface area (Å²) >= 11 is 1.26. The summed E-state index contributed by atoms with van der Waals surface area (Å²) < 4.78 is 11.6. The van der Waals surface area contributed by atoms with Crippen molar-refractivity contribution in [2.24, 2.45) is 0 Å². The predicted octanol–water partition coefficient (Wildman–Crippen LogP) is 5.27. The number of anilines is 1. The third-order valence-electron chi connectivity index (χ3n) is 6.18. The number of amides is 1. The van der Waals surface area contributed by atoms with Crippen LogP contribution in [0.3, 0.4) is 0 Å². The number of aliphatic hydroxyl groups is 1. The average Bonchev–Trinajstić information content (AvgIpc) is 3.57. The normalized spacial score (nSPS) is 20.7. The highest BCUT2D eigenvalue weighted by atomic mass is 32.1. The molecule has 1 N–H and O–H groups in total. The first-order chi connectivity index (χ1) is 17.0. The SMILES string of the molecule is CCCCOc1cccc([C@H]2C(=C(O)c3ccc4c(c3)C[C@@H](C)O4)C(=O)C(=O)N2c2nccs2)c1. The topological polar surface area (TPSA) is 89.0 Å². The number of carbonyl (C=O) groups is 2. The molecule has 0 saturated carbocycles. The van der Waals surface area contributed by atoms with Gasteiger partial charge in [-0.25, -0.2) is 4.98 Å². The number of hydrogen-bond donors (Lipinski definition) is 1. The van der Waals surface area contributed by atoms with Crippen LogP contribution in [0.1, 0.15) is 49.4 Å². The molecule has 5 rings (SSSR count). The zero-order valence-corrected chi connectivity index (χ0v) is 20.4. The van der Waals surface area contributed by atoms with Crippen molar-refractivity contribution in [3.8, 4) is 11.5 Å². The second-order valence-corrected chi connectivity index (χ2v) is 9.59. The van der Waals surface area contributed by atoms with E-state index in [1.54, 1.807) is 23.7 Å². The lowest BCUT2D eigenvalue weighted by atomic mass is 9.94. The molecule has 1 saturated heterocycles. The highest BCUT2D eigenvalue weighted by Crippen LogP contribution is 2.44. The van der Waals surface area contributed by atoms with E-state index >= 15 is 0 Å². The molecule has 7 nitrogen and oxygen atoms in total. The van der Waals surface area contributed by atoms with E-state index in [0.717, 1.165) is 24.2 Å². The van der Waals surface area contributed by atoms with Crippen LogP contribution in [-0.4, -0.2) is 34.5 Å². The maximum Gasteiger partial charge on any atom is 0.301 e. The molecule has 0 bridgehead atoms. The first kappa shape index (κ1) is 23.1. The van der Waals surface area contributed by atoms with Crippen molar-refractivity contribution in [2.75, 3.05) is 11.5 Å². The third kappa shape index (κ3) is 4.30. The molecule has 1 aromatic heterocycles. The number of benzene rings is 2. The number of fused-ring (bicyclic) bond motifs is 1. The summed E-state index contributed by atoms with van der Waals surface area (Å²) in [6.45, 7) is 4.64. The largest absolute Gasteiger partial charge is 0.507 e. The van der Waals surface area contributed by atoms with Crippen molar-refractivity contribution in [3.05, 3.63) is 76.3 Å². The van der Waals surface area contributed by atoms with E-state index in [9.17, 15) is 14.7 Å². The summed E-state index contributed by atoms with van der Waals surface area (Å²) in [4.78, 5) is 32.2. The number of thiazole rings is 1. The molecule has 2 aromatic carbocycles. The number of hydrogen-bond acceptors (Lipinski definition) is 7. The molecular formula is C27H26N2O5S. The minimum absolute atomic E-state index is 0.0304. The predicted molar refractivity (Wildman–Crippen MR) is 134 cm³/mol. The number of ketones is 1. The second-order valence-electron chi connectivity index (χ2n) is 8.71. The van der Waals surface area contributed by atoms with E-state index in [1.807, 2.05) is 37.3 Å². The van der Waals surface area contributed by atoms with Gasteiger partial charge in [0.25, 0.3) is 5.78 Å². The standard InChI is InChI=1S/C27H26N2O5S/c1-3-4-11-33-20-7-5-6-17(15-20)23-22(25(31)26(32)29(23)27-28-10-12-35-27)24(30)18-8-9-21-19(14-18)13-16(2)34-21/h5-10,12,14-16,23,30H,3-4,11,13H2,1-2H3/t16-,23+/m1/s1. The maximum absolute atomic E-state index is 13.3. The zero-order chi connectivity index (χ0) is 24.5. The molecule has 3 heterocycles. The summed E-state index contributed by atoms with van der Waals surface area (Å²) in [7, 11) is 0. The zero-order valence-electron chi connectivity index (χ0n) is 19.6. The van der Waals surface area contributed by atoms with E-state index in [2.05, 4.69) is 11.9 Å². The van der Waals surface area contributed by atoms with Gasteiger partial charge in [-0.05, 0) is 54.8 Å². The molecule has 180 valence electrons. The number of rotatable bonds is 7. The Balaban J connectivity index is 1.62. The molecule has 1 amide bonds. The van der Waals surface area contributed by atoms with E-state index in [-0.39, 0.29) is 17.4 Å². The lowest BCUT2D eigenvalue weighted by Crippen LogP contribution is -2.29. The Labute approximate surface area is 207 Å². The van der Waals surface area contributed by atoms with Gasteiger partial charge in [0, 0.05) is 23.6 Å². The van der Waals surface area contributed by atoms with Gasteiger partial charge in [0.15, 0.2) is 5.13 Å². The molecular weight excluding hydrogens is 464 g/mol. The maximum atomic E-state index is 13.3. The fourth-order valence-electron chi connectivity index (χ4n) is 4.51. The highest BCUT2D eigenvalue weighted by Gasteiger charge is 2.48. The van der Waals surface area contributed by atoms with Crippen molar-refractivity contribution >= 4 is 33.9 Å². The van der Waals surface area contributed by atoms with Crippen LogP contribution in [0.4, 0.5) is 5.13 Å². The number of Topliss-reactive ketones (excluding diaryl/α,β-unsaturated/α-hetero) is 1.